The van der Waals surface area contributed by atoms with Gasteiger partial charge in [-0.1, -0.05) is 6.92 Å². The highest BCUT2D eigenvalue weighted by Gasteiger charge is 1.99. The van der Waals surface area contributed by atoms with Crippen molar-refractivity contribution in [3.8, 4) is 0 Å². The van der Waals surface area contributed by atoms with Crippen LogP contribution >= 0.6 is 0 Å². The average Bonchev–Trinajstić information content (AvgIpc) is 1.85. The number of hydrogen-bond acceptors (Lipinski definition) is 2. The lowest BCUT2D eigenvalue weighted by Gasteiger charge is -1.93. The van der Waals surface area contributed by atoms with Gasteiger partial charge in [0.15, 0.2) is 0 Å². The molecule has 4 heteroatoms. The minimum atomic E-state index is -1.00. The summed E-state index contributed by atoms with van der Waals surface area (Å²) in [6, 6.07) is 1.11. The molecule has 0 aliphatic rings. The van der Waals surface area contributed by atoms with E-state index in [-0.39, 0.29) is 0 Å². The number of aromatic nitrogens is 2. The van der Waals surface area contributed by atoms with E-state index in [0.29, 0.717) is 12.1 Å². The maximum Gasteiger partial charge on any atom is 0.311 e. The summed E-state index contributed by atoms with van der Waals surface area (Å²) in [5, 5.41) is 0. The van der Waals surface area contributed by atoms with Crippen LogP contribution in [0.3, 0.4) is 0 Å². The summed E-state index contributed by atoms with van der Waals surface area (Å²) in [5.41, 5.74) is 0.380. The zero-order valence-corrected chi connectivity index (χ0v) is 5.43. The second-order valence-corrected chi connectivity index (χ2v) is 1.80. The predicted molar refractivity (Wildman–Crippen MR) is 31.3 cm³/mol. The van der Waals surface area contributed by atoms with Crippen molar-refractivity contribution in [2.24, 2.45) is 0 Å². The van der Waals surface area contributed by atoms with Crippen LogP contribution < -0.4 is 0 Å². The van der Waals surface area contributed by atoms with Crippen molar-refractivity contribution >= 4 is 0 Å². The zero-order valence-electron chi connectivity index (χ0n) is 5.43. The Hall–Kier alpha value is -1.06. The van der Waals surface area contributed by atoms with Gasteiger partial charge in [-0.3, -0.25) is 0 Å². The van der Waals surface area contributed by atoms with Gasteiger partial charge in [0.05, 0.1) is 0 Å². The Bertz CT molecular complexity index is 217. The molecule has 54 valence electrons. The van der Waals surface area contributed by atoms with Crippen LogP contribution in [0.25, 0.3) is 0 Å². The third-order valence-electron chi connectivity index (χ3n) is 1.08. The summed E-state index contributed by atoms with van der Waals surface area (Å²) in [7, 11) is 0. The maximum atomic E-state index is 12.2. The minimum Gasteiger partial charge on any atom is -0.207 e. The Morgan fingerprint density at radius 1 is 1.40 bits per heavy atom. The molecule has 0 aromatic carbocycles. The molecule has 0 amide bonds. The van der Waals surface area contributed by atoms with E-state index in [0.717, 1.165) is 6.07 Å². The lowest BCUT2D eigenvalue weighted by Crippen LogP contribution is -1.97. The standard InChI is InChI=1S/C6H6F2N2/c1-2-4-3-5(7)10-6(8)9-4/h3H,2H2,1H3. The van der Waals surface area contributed by atoms with Crippen LogP contribution in [0.1, 0.15) is 12.6 Å². The molecule has 0 saturated carbocycles. The summed E-state index contributed by atoms with van der Waals surface area (Å²) in [4.78, 5) is 6.17. The summed E-state index contributed by atoms with van der Waals surface area (Å²) >= 11 is 0. The van der Waals surface area contributed by atoms with Gasteiger partial charge >= 0.3 is 6.08 Å². The van der Waals surface area contributed by atoms with Crippen LogP contribution in [0.15, 0.2) is 6.07 Å². The Labute approximate surface area is 56.9 Å². The molecule has 2 nitrogen and oxygen atoms in total. The monoisotopic (exact) mass is 144 g/mol. The second kappa shape index (κ2) is 2.68. The molecule has 0 aliphatic heterocycles. The molecular formula is C6H6F2N2. The topological polar surface area (TPSA) is 25.8 Å². The Balaban J connectivity index is 3.06. The summed E-state index contributed by atoms with van der Waals surface area (Å²) in [6.07, 6.45) is -0.493. The minimum absolute atomic E-state index is 0.380. The predicted octanol–water partition coefficient (Wildman–Crippen LogP) is 1.32. The van der Waals surface area contributed by atoms with Crippen molar-refractivity contribution in [1.82, 2.24) is 9.97 Å². The lowest BCUT2D eigenvalue weighted by atomic mass is 10.3. The Morgan fingerprint density at radius 3 is 2.60 bits per heavy atom. The number of aryl methyl sites for hydroxylation is 1. The van der Waals surface area contributed by atoms with Crippen molar-refractivity contribution in [2.75, 3.05) is 0 Å². The van der Waals surface area contributed by atoms with Crippen molar-refractivity contribution in [2.45, 2.75) is 13.3 Å². The number of halogens is 2. The molecule has 0 aliphatic carbocycles. The molecule has 0 atom stereocenters. The summed E-state index contributed by atoms with van der Waals surface area (Å²) in [5.74, 6) is -0.815. The smallest absolute Gasteiger partial charge is 0.207 e. The highest BCUT2D eigenvalue weighted by Crippen LogP contribution is 1.98. The van der Waals surface area contributed by atoms with E-state index in [1.807, 2.05) is 0 Å². The van der Waals surface area contributed by atoms with Crippen LogP contribution in [0.5, 0.6) is 0 Å². The quantitative estimate of drug-likeness (QED) is 0.438. The van der Waals surface area contributed by atoms with Gasteiger partial charge in [-0.05, 0) is 6.42 Å². The summed E-state index contributed by atoms with van der Waals surface area (Å²) < 4.78 is 24.4. The van der Waals surface area contributed by atoms with E-state index in [2.05, 4.69) is 9.97 Å². The fourth-order valence-electron chi connectivity index (χ4n) is 0.615. The van der Waals surface area contributed by atoms with E-state index >= 15 is 0 Å². The first kappa shape index (κ1) is 7.05. The third kappa shape index (κ3) is 1.46. The molecular weight excluding hydrogens is 138 g/mol. The molecule has 0 radical (unpaired) electrons. The van der Waals surface area contributed by atoms with Gasteiger partial charge in [0.1, 0.15) is 0 Å². The van der Waals surface area contributed by atoms with Crippen molar-refractivity contribution < 1.29 is 8.78 Å². The molecule has 0 unspecified atom stereocenters. The van der Waals surface area contributed by atoms with E-state index in [1.54, 1.807) is 6.92 Å². The number of hydrogen-bond donors (Lipinski definition) is 0. The molecule has 0 fully saturated rings. The van der Waals surface area contributed by atoms with Gasteiger partial charge in [0, 0.05) is 11.8 Å². The average molecular weight is 144 g/mol. The molecule has 1 aromatic heterocycles. The van der Waals surface area contributed by atoms with Gasteiger partial charge in [-0.2, -0.15) is 13.8 Å². The third-order valence-corrected chi connectivity index (χ3v) is 1.08. The summed E-state index contributed by atoms with van der Waals surface area (Å²) in [6.45, 7) is 1.77. The Morgan fingerprint density at radius 2 is 2.10 bits per heavy atom. The number of nitrogens with zero attached hydrogens (tertiary/aromatic N) is 2. The fourth-order valence-corrected chi connectivity index (χ4v) is 0.615. The van der Waals surface area contributed by atoms with Crippen LogP contribution in [0, 0.1) is 12.0 Å². The van der Waals surface area contributed by atoms with Crippen LogP contribution in [-0.2, 0) is 6.42 Å². The van der Waals surface area contributed by atoms with E-state index in [9.17, 15) is 8.78 Å². The van der Waals surface area contributed by atoms with Gasteiger partial charge in [0.25, 0.3) is 0 Å². The fraction of sp³-hybridized carbons (Fsp3) is 0.333. The van der Waals surface area contributed by atoms with Crippen molar-refractivity contribution in [3.05, 3.63) is 23.8 Å². The molecule has 0 N–H and O–H groups in total. The molecule has 0 bridgehead atoms. The molecule has 1 heterocycles. The van der Waals surface area contributed by atoms with Crippen molar-refractivity contribution in [3.63, 3.8) is 0 Å². The largest absolute Gasteiger partial charge is 0.311 e. The van der Waals surface area contributed by atoms with Crippen LogP contribution in [0.2, 0.25) is 0 Å². The Kier molecular flexibility index (Phi) is 1.89. The van der Waals surface area contributed by atoms with Crippen LogP contribution in [-0.4, -0.2) is 9.97 Å². The first-order chi connectivity index (χ1) is 4.72. The maximum absolute atomic E-state index is 12.2. The molecule has 0 saturated heterocycles. The molecule has 10 heavy (non-hydrogen) atoms. The van der Waals surface area contributed by atoms with Gasteiger partial charge in [-0.25, -0.2) is 4.98 Å². The number of rotatable bonds is 1. The van der Waals surface area contributed by atoms with E-state index in [4.69, 9.17) is 0 Å². The first-order valence-electron chi connectivity index (χ1n) is 2.91. The first-order valence-corrected chi connectivity index (χ1v) is 2.91. The van der Waals surface area contributed by atoms with E-state index < -0.39 is 12.0 Å². The lowest BCUT2D eigenvalue weighted by molar-refractivity contribution is 0.477. The highest BCUT2D eigenvalue weighted by molar-refractivity contribution is 4.99. The molecule has 1 aromatic rings. The van der Waals surface area contributed by atoms with Crippen molar-refractivity contribution in [1.29, 1.82) is 0 Å². The SMILES string of the molecule is CCc1cc(F)nc(F)n1. The zero-order chi connectivity index (χ0) is 7.56. The molecule has 1 rings (SSSR count). The van der Waals surface area contributed by atoms with Gasteiger partial charge in [-0.15, -0.1) is 0 Å². The van der Waals surface area contributed by atoms with E-state index in [1.165, 1.54) is 0 Å². The normalized spacial score (nSPS) is 9.90. The van der Waals surface area contributed by atoms with Gasteiger partial charge < -0.3 is 0 Å². The van der Waals surface area contributed by atoms with Crippen LogP contribution in [0.4, 0.5) is 8.78 Å². The highest BCUT2D eigenvalue weighted by atomic mass is 19.1. The second-order valence-electron chi connectivity index (χ2n) is 1.80. The molecule has 0 spiro atoms. The van der Waals surface area contributed by atoms with Gasteiger partial charge in [0.2, 0.25) is 5.95 Å².